The van der Waals surface area contributed by atoms with E-state index in [1.165, 1.54) is 0 Å². The molecular weight excluding hydrogens is 240 g/mol. The summed E-state index contributed by atoms with van der Waals surface area (Å²) in [6, 6.07) is 7.58. The van der Waals surface area contributed by atoms with Crippen LogP contribution in [0.15, 0.2) is 24.3 Å². The first-order valence-corrected chi connectivity index (χ1v) is 6.78. The summed E-state index contributed by atoms with van der Waals surface area (Å²) < 4.78 is 0. The van der Waals surface area contributed by atoms with E-state index in [1.54, 1.807) is 0 Å². The molecule has 0 heterocycles. The molecule has 0 spiro atoms. The van der Waals surface area contributed by atoms with E-state index in [9.17, 15) is 9.59 Å². The van der Waals surface area contributed by atoms with E-state index in [0.717, 1.165) is 43.2 Å². The average Bonchev–Trinajstić information content (AvgIpc) is 2.48. The van der Waals surface area contributed by atoms with Gasteiger partial charge in [0.2, 0.25) is 5.91 Å². The zero-order valence-electron chi connectivity index (χ0n) is 11.0. The van der Waals surface area contributed by atoms with Gasteiger partial charge in [-0.25, -0.2) is 0 Å². The minimum Gasteiger partial charge on any atom is -0.326 e. The number of carbonyl (C=O) groups is 2. The lowest BCUT2D eigenvalue weighted by Crippen LogP contribution is -2.27. The van der Waals surface area contributed by atoms with E-state index in [-0.39, 0.29) is 17.7 Å². The topological polar surface area (TPSA) is 72.2 Å². The highest BCUT2D eigenvalue weighted by Gasteiger charge is 2.25. The molecule has 1 saturated carbocycles. The molecule has 1 aliphatic rings. The molecule has 102 valence electrons. The molecule has 19 heavy (non-hydrogen) atoms. The van der Waals surface area contributed by atoms with E-state index in [2.05, 4.69) is 5.32 Å². The van der Waals surface area contributed by atoms with Crippen molar-refractivity contribution in [3.63, 3.8) is 0 Å². The molecule has 1 fully saturated rings. The van der Waals surface area contributed by atoms with Crippen molar-refractivity contribution in [1.82, 2.24) is 0 Å². The lowest BCUT2D eigenvalue weighted by Gasteiger charge is -2.24. The van der Waals surface area contributed by atoms with E-state index in [4.69, 9.17) is 5.73 Å². The zero-order valence-corrected chi connectivity index (χ0v) is 11.0. The quantitative estimate of drug-likeness (QED) is 0.814. The number of nitrogens with two attached hydrogens (primary N) is 1. The Balaban J connectivity index is 1.88. The Morgan fingerprint density at radius 1 is 1.21 bits per heavy atom. The Labute approximate surface area is 113 Å². The molecule has 0 aromatic heterocycles. The summed E-state index contributed by atoms with van der Waals surface area (Å²) >= 11 is 0. The van der Waals surface area contributed by atoms with Crippen molar-refractivity contribution in [1.29, 1.82) is 0 Å². The number of nitrogens with one attached hydrogen (secondary N) is 1. The van der Waals surface area contributed by atoms with Crippen LogP contribution in [0.25, 0.3) is 0 Å². The summed E-state index contributed by atoms with van der Waals surface area (Å²) in [5, 5.41) is 2.93. The van der Waals surface area contributed by atoms with Crippen molar-refractivity contribution in [3.8, 4) is 0 Å². The molecule has 0 unspecified atom stereocenters. The minimum absolute atomic E-state index is 0.0328. The van der Waals surface area contributed by atoms with Crippen LogP contribution >= 0.6 is 0 Å². The van der Waals surface area contributed by atoms with Crippen LogP contribution in [0.3, 0.4) is 0 Å². The van der Waals surface area contributed by atoms with Crippen LogP contribution in [0.2, 0.25) is 0 Å². The number of hydrogen-bond acceptors (Lipinski definition) is 3. The van der Waals surface area contributed by atoms with Crippen molar-refractivity contribution in [2.24, 2.45) is 17.6 Å². The number of rotatable bonds is 4. The predicted octanol–water partition coefficient (Wildman–Crippen LogP) is 2.09. The molecule has 0 radical (unpaired) electrons. The van der Waals surface area contributed by atoms with Crippen molar-refractivity contribution < 1.29 is 9.59 Å². The van der Waals surface area contributed by atoms with Crippen molar-refractivity contribution in [2.75, 3.05) is 5.32 Å². The second-order valence-corrected chi connectivity index (χ2v) is 5.14. The Bertz CT molecular complexity index is 434. The molecule has 0 bridgehead atoms. The fraction of sp³-hybridized carbons (Fsp3) is 0.467. The molecule has 0 saturated heterocycles. The van der Waals surface area contributed by atoms with Gasteiger partial charge in [0.25, 0.3) is 0 Å². The number of hydrogen-bond donors (Lipinski definition) is 2. The summed E-state index contributed by atoms with van der Waals surface area (Å²) in [7, 11) is 0. The number of anilines is 1. The standard InChI is InChI=1S/C15H20N2O2/c16-9-11-3-7-14(8-4-11)17-15(19)13-5-1-12(10-18)2-6-13/h3-4,7-8,10,12-13H,1-2,5-6,9,16H2,(H,17,19). The van der Waals surface area contributed by atoms with Gasteiger partial charge in [0.15, 0.2) is 0 Å². The van der Waals surface area contributed by atoms with E-state index in [1.807, 2.05) is 24.3 Å². The van der Waals surface area contributed by atoms with Gasteiger partial charge in [-0.1, -0.05) is 12.1 Å². The Hall–Kier alpha value is -1.68. The first-order valence-electron chi connectivity index (χ1n) is 6.78. The maximum absolute atomic E-state index is 12.1. The third-order valence-corrected chi connectivity index (χ3v) is 3.79. The average molecular weight is 260 g/mol. The van der Waals surface area contributed by atoms with Crippen LogP contribution in [0.4, 0.5) is 5.69 Å². The fourth-order valence-corrected chi connectivity index (χ4v) is 2.49. The Morgan fingerprint density at radius 2 is 1.84 bits per heavy atom. The van der Waals surface area contributed by atoms with Gasteiger partial charge < -0.3 is 15.8 Å². The Kier molecular flexibility index (Phi) is 4.68. The highest BCUT2D eigenvalue weighted by molar-refractivity contribution is 5.92. The van der Waals surface area contributed by atoms with E-state index >= 15 is 0 Å². The van der Waals surface area contributed by atoms with Crippen LogP contribution in [-0.2, 0) is 16.1 Å². The molecule has 4 nitrogen and oxygen atoms in total. The van der Waals surface area contributed by atoms with Gasteiger partial charge in [0.05, 0.1) is 0 Å². The largest absolute Gasteiger partial charge is 0.326 e. The van der Waals surface area contributed by atoms with Gasteiger partial charge in [0.1, 0.15) is 6.29 Å². The van der Waals surface area contributed by atoms with Crippen molar-refractivity contribution >= 4 is 17.9 Å². The summed E-state index contributed by atoms with van der Waals surface area (Å²) in [6.45, 7) is 0.504. The third-order valence-electron chi connectivity index (χ3n) is 3.79. The molecule has 1 aromatic carbocycles. The van der Waals surface area contributed by atoms with E-state index < -0.39 is 0 Å². The molecule has 1 aromatic rings. The summed E-state index contributed by atoms with van der Waals surface area (Å²) in [5.41, 5.74) is 7.38. The summed E-state index contributed by atoms with van der Waals surface area (Å²) in [6.07, 6.45) is 4.27. The van der Waals surface area contributed by atoms with Crippen molar-refractivity contribution in [3.05, 3.63) is 29.8 Å². The van der Waals surface area contributed by atoms with Gasteiger partial charge in [-0.3, -0.25) is 4.79 Å². The van der Waals surface area contributed by atoms with E-state index in [0.29, 0.717) is 6.54 Å². The van der Waals surface area contributed by atoms with Gasteiger partial charge in [0, 0.05) is 24.1 Å². The zero-order chi connectivity index (χ0) is 13.7. The molecular formula is C15H20N2O2. The second kappa shape index (κ2) is 6.48. The van der Waals surface area contributed by atoms with Crippen LogP contribution in [0.1, 0.15) is 31.2 Å². The number of aldehydes is 1. The van der Waals surface area contributed by atoms with Crippen molar-refractivity contribution in [2.45, 2.75) is 32.2 Å². The molecule has 1 amide bonds. The first-order chi connectivity index (χ1) is 9.22. The molecule has 2 rings (SSSR count). The molecule has 0 atom stereocenters. The predicted molar refractivity (Wildman–Crippen MR) is 74.5 cm³/mol. The summed E-state index contributed by atoms with van der Waals surface area (Å²) in [4.78, 5) is 22.8. The van der Waals surface area contributed by atoms with Gasteiger partial charge >= 0.3 is 0 Å². The number of carbonyl (C=O) groups excluding carboxylic acids is 2. The lowest BCUT2D eigenvalue weighted by molar-refractivity contribution is -0.122. The second-order valence-electron chi connectivity index (χ2n) is 5.14. The molecule has 4 heteroatoms. The smallest absolute Gasteiger partial charge is 0.227 e. The highest BCUT2D eigenvalue weighted by atomic mass is 16.1. The number of benzene rings is 1. The van der Waals surface area contributed by atoms with Crippen LogP contribution in [0, 0.1) is 11.8 Å². The lowest BCUT2D eigenvalue weighted by atomic mass is 9.82. The SMILES string of the molecule is NCc1ccc(NC(=O)C2CCC(C=O)CC2)cc1. The Morgan fingerprint density at radius 3 is 2.37 bits per heavy atom. The third kappa shape index (κ3) is 3.64. The van der Waals surface area contributed by atoms with Gasteiger partial charge in [-0.05, 0) is 43.4 Å². The van der Waals surface area contributed by atoms with Crippen LogP contribution in [-0.4, -0.2) is 12.2 Å². The summed E-state index contributed by atoms with van der Waals surface area (Å²) in [5.74, 6) is 0.239. The van der Waals surface area contributed by atoms with Crippen LogP contribution in [0.5, 0.6) is 0 Å². The minimum atomic E-state index is 0.0328. The maximum atomic E-state index is 12.1. The first kappa shape index (κ1) is 13.7. The maximum Gasteiger partial charge on any atom is 0.227 e. The highest BCUT2D eigenvalue weighted by Crippen LogP contribution is 2.28. The van der Waals surface area contributed by atoms with Gasteiger partial charge in [-0.15, -0.1) is 0 Å². The number of amides is 1. The molecule has 1 aliphatic carbocycles. The normalized spacial score (nSPS) is 22.8. The fourth-order valence-electron chi connectivity index (χ4n) is 2.49. The molecule has 3 N–H and O–H groups in total. The van der Waals surface area contributed by atoms with Gasteiger partial charge in [-0.2, -0.15) is 0 Å². The van der Waals surface area contributed by atoms with Crippen LogP contribution < -0.4 is 11.1 Å². The molecule has 0 aliphatic heterocycles. The monoisotopic (exact) mass is 260 g/mol.